The standard InChI is InChI=1S/C5H8N2O/c1-4-6-5(8)7(2)3/h1H,2-3H3,(H,6,8). The highest BCUT2D eigenvalue weighted by Gasteiger charge is 1.96. The zero-order valence-electron chi connectivity index (χ0n) is 4.93. The van der Waals surface area contributed by atoms with Gasteiger partial charge in [0.2, 0.25) is 0 Å². The van der Waals surface area contributed by atoms with Gasteiger partial charge in [-0.3, -0.25) is 5.32 Å². The highest BCUT2D eigenvalue weighted by Crippen LogP contribution is 1.71. The summed E-state index contributed by atoms with van der Waals surface area (Å²) in [5.41, 5.74) is 0. The lowest BCUT2D eigenvalue weighted by Gasteiger charge is -2.06. The summed E-state index contributed by atoms with van der Waals surface area (Å²) < 4.78 is 0. The molecule has 0 heterocycles. The molecule has 0 saturated carbocycles. The van der Waals surface area contributed by atoms with E-state index in [9.17, 15) is 4.79 Å². The Hall–Kier alpha value is -1.17. The van der Waals surface area contributed by atoms with Crippen LogP contribution in [0.1, 0.15) is 0 Å². The first kappa shape index (κ1) is 6.83. The molecule has 0 atom stereocenters. The first-order valence-corrected chi connectivity index (χ1v) is 2.11. The van der Waals surface area contributed by atoms with Gasteiger partial charge in [-0.25, -0.2) is 4.79 Å². The van der Waals surface area contributed by atoms with Crippen molar-refractivity contribution < 1.29 is 4.79 Å². The van der Waals surface area contributed by atoms with Crippen LogP contribution >= 0.6 is 0 Å². The van der Waals surface area contributed by atoms with Crippen LogP contribution in [-0.2, 0) is 0 Å². The third kappa shape index (κ3) is 2.08. The molecule has 0 aliphatic heterocycles. The molecule has 0 aliphatic rings. The summed E-state index contributed by atoms with van der Waals surface area (Å²) in [6.07, 6.45) is 4.76. The number of nitrogens with one attached hydrogen (secondary N) is 1. The Kier molecular flexibility index (Phi) is 2.49. The maximum Gasteiger partial charge on any atom is 0.328 e. The molecule has 3 heteroatoms. The monoisotopic (exact) mass is 112 g/mol. The van der Waals surface area contributed by atoms with Gasteiger partial charge in [0.15, 0.2) is 0 Å². The third-order valence-corrected chi connectivity index (χ3v) is 0.585. The first-order chi connectivity index (χ1) is 3.68. The summed E-state index contributed by atoms with van der Waals surface area (Å²) >= 11 is 0. The molecule has 44 valence electrons. The van der Waals surface area contributed by atoms with Crippen LogP contribution in [0.15, 0.2) is 0 Å². The molecule has 0 aromatic rings. The summed E-state index contributed by atoms with van der Waals surface area (Å²) in [4.78, 5) is 11.8. The minimum atomic E-state index is -0.271. The second-order valence-corrected chi connectivity index (χ2v) is 1.47. The van der Waals surface area contributed by atoms with Crippen LogP contribution in [0, 0.1) is 12.5 Å². The van der Waals surface area contributed by atoms with Gasteiger partial charge in [0.05, 0.1) is 0 Å². The van der Waals surface area contributed by atoms with E-state index in [-0.39, 0.29) is 6.03 Å². The van der Waals surface area contributed by atoms with Gasteiger partial charge in [0.25, 0.3) is 0 Å². The lowest BCUT2D eigenvalue weighted by atomic mass is 10.8. The van der Waals surface area contributed by atoms with Gasteiger partial charge in [-0.2, -0.15) is 0 Å². The summed E-state index contributed by atoms with van der Waals surface area (Å²) in [6, 6.07) is 1.74. The number of amides is 2. The summed E-state index contributed by atoms with van der Waals surface area (Å²) in [5, 5.41) is 2.16. The quantitative estimate of drug-likeness (QED) is 0.343. The number of rotatable bonds is 0. The van der Waals surface area contributed by atoms with Crippen LogP contribution in [0.25, 0.3) is 0 Å². The summed E-state index contributed by atoms with van der Waals surface area (Å²) in [7, 11) is 3.24. The van der Waals surface area contributed by atoms with Crippen LogP contribution in [0.5, 0.6) is 0 Å². The van der Waals surface area contributed by atoms with E-state index in [1.165, 1.54) is 4.90 Å². The van der Waals surface area contributed by atoms with E-state index in [4.69, 9.17) is 6.42 Å². The molecule has 2 amide bonds. The van der Waals surface area contributed by atoms with Crippen molar-refractivity contribution in [2.24, 2.45) is 0 Å². The zero-order chi connectivity index (χ0) is 6.57. The number of hydrogen-bond donors (Lipinski definition) is 1. The number of terminal acetylenes is 1. The molecule has 0 unspecified atom stereocenters. The van der Waals surface area contributed by atoms with E-state index in [1.54, 1.807) is 14.1 Å². The number of hydrogen-bond acceptors (Lipinski definition) is 1. The minimum absolute atomic E-state index is 0.271. The Morgan fingerprint density at radius 3 is 2.38 bits per heavy atom. The normalized spacial score (nSPS) is 7.12. The van der Waals surface area contributed by atoms with Crippen molar-refractivity contribution in [3.8, 4) is 12.5 Å². The highest BCUT2D eigenvalue weighted by atomic mass is 16.2. The van der Waals surface area contributed by atoms with Crippen LogP contribution < -0.4 is 5.32 Å². The molecule has 0 spiro atoms. The van der Waals surface area contributed by atoms with Crippen molar-refractivity contribution in [3.63, 3.8) is 0 Å². The van der Waals surface area contributed by atoms with Crippen LogP contribution in [0.4, 0.5) is 4.79 Å². The van der Waals surface area contributed by atoms with Crippen molar-refractivity contribution >= 4 is 6.03 Å². The molecular formula is C5H8N2O. The molecule has 0 rings (SSSR count). The second kappa shape index (κ2) is 2.92. The molecule has 0 radical (unpaired) electrons. The fraction of sp³-hybridized carbons (Fsp3) is 0.400. The van der Waals surface area contributed by atoms with Crippen LogP contribution in [0.3, 0.4) is 0 Å². The van der Waals surface area contributed by atoms with Crippen molar-refractivity contribution in [3.05, 3.63) is 0 Å². The third-order valence-electron chi connectivity index (χ3n) is 0.585. The smallest absolute Gasteiger partial charge is 0.328 e. The molecule has 0 saturated heterocycles. The van der Waals surface area contributed by atoms with Gasteiger partial charge in [0, 0.05) is 20.1 Å². The maximum absolute atomic E-state index is 10.4. The Morgan fingerprint density at radius 1 is 1.75 bits per heavy atom. The minimum Gasteiger partial charge on any atom is -0.330 e. The van der Waals surface area contributed by atoms with E-state index in [0.717, 1.165) is 0 Å². The van der Waals surface area contributed by atoms with E-state index >= 15 is 0 Å². The average molecular weight is 112 g/mol. The fourth-order valence-electron chi connectivity index (χ4n) is 0.174. The number of carbonyl (C=O) groups is 1. The Bertz CT molecular complexity index is 123. The molecule has 8 heavy (non-hydrogen) atoms. The van der Waals surface area contributed by atoms with E-state index < -0.39 is 0 Å². The molecule has 0 aliphatic carbocycles. The number of carbonyl (C=O) groups excluding carboxylic acids is 1. The molecular weight excluding hydrogens is 104 g/mol. The largest absolute Gasteiger partial charge is 0.330 e. The average Bonchev–Trinajstić information content (AvgIpc) is 1.67. The zero-order valence-corrected chi connectivity index (χ0v) is 4.93. The van der Waals surface area contributed by atoms with Crippen molar-refractivity contribution in [1.82, 2.24) is 10.2 Å². The Balaban J connectivity index is 3.53. The van der Waals surface area contributed by atoms with Crippen molar-refractivity contribution in [2.45, 2.75) is 0 Å². The van der Waals surface area contributed by atoms with Crippen molar-refractivity contribution in [1.29, 1.82) is 0 Å². The Labute approximate surface area is 48.7 Å². The van der Waals surface area contributed by atoms with E-state index in [2.05, 4.69) is 5.32 Å². The van der Waals surface area contributed by atoms with Crippen LogP contribution in [0.2, 0.25) is 0 Å². The highest BCUT2D eigenvalue weighted by molar-refractivity contribution is 5.75. The van der Waals surface area contributed by atoms with Crippen LogP contribution in [-0.4, -0.2) is 25.0 Å². The van der Waals surface area contributed by atoms with Gasteiger partial charge in [-0.05, 0) is 0 Å². The van der Waals surface area contributed by atoms with Crippen molar-refractivity contribution in [2.75, 3.05) is 14.1 Å². The summed E-state index contributed by atoms with van der Waals surface area (Å²) in [6.45, 7) is 0. The van der Waals surface area contributed by atoms with Gasteiger partial charge in [-0.1, -0.05) is 6.42 Å². The van der Waals surface area contributed by atoms with E-state index in [0.29, 0.717) is 0 Å². The molecule has 0 fully saturated rings. The first-order valence-electron chi connectivity index (χ1n) is 2.11. The molecule has 0 aromatic heterocycles. The molecule has 0 aromatic carbocycles. The molecule has 1 N–H and O–H groups in total. The van der Waals surface area contributed by atoms with Gasteiger partial charge >= 0.3 is 6.03 Å². The summed E-state index contributed by atoms with van der Waals surface area (Å²) in [5.74, 6) is 0. The fourth-order valence-corrected chi connectivity index (χ4v) is 0.174. The van der Waals surface area contributed by atoms with Gasteiger partial charge < -0.3 is 4.90 Å². The predicted molar refractivity (Wildman–Crippen MR) is 31.1 cm³/mol. The lowest BCUT2D eigenvalue weighted by Crippen LogP contribution is -2.30. The second-order valence-electron chi connectivity index (χ2n) is 1.47. The lowest BCUT2D eigenvalue weighted by molar-refractivity contribution is 0.222. The Morgan fingerprint density at radius 2 is 2.25 bits per heavy atom. The number of nitrogens with zero attached hydrogens (tertiary/aromatic N) is 1. The SMILES string of the molecule is C#CNC(=O)N(C)C. The maximum atomic E-state index is 10.4. The molecule has 3 nitrogen and oxygen atoms in total. The van der Waals surface area contributed by atoms with E-state index in [1.807, 2.05) is 6.04 Å². The predicted octanol–water partition coefficient (Wildman–Crippen LogP) is -0.152. The van der Waals surface area contributed by atoms with Gasteiger partial charge in [0.1, 0.15) is 0 Å². The molecule has 0 bridgehead atoms. The van der Waals surface area contributed by atoms with Gasteiger partial charge in [-0.15, -0.1) is 0 Å². The topological polar surface area (TPSA) is 32.3 Å². The number of urea groups is 1.